The first-order valence-electron chi connectivity index (χ1n) is 7.64. The summed E-state index contributed by atoms with van der Waals surface area (Å²) in [6.45, 7) is 13.5. The Bertz CT molecular complexity index is 370. The molecule has 1 aromatic rings. The molecular weight excluding hydrogens is 246 g/mol. The number of hydrogen-bond donors (Lipinski definition) is 1. The van der Waals surface area contributed by atoms with Gasteiger partial charge in [-0.1, -0.05) is 6.92 Å². The van der Waals surface area contributed by atoms with E-state index in [-0.39, 0.29) is 5.54 Å². The third kappa shape index (κ3) is 6.49. The van der Waals surface area contributed by atoms with Crippen LogP contribution < -0.4 is 5.32 Å². The van der Waals surface area contributed by atoms with Crippen LogP contribution in [0, 0.1) is 5.92 Å². The molecule has 1 heterocycles. The molecule has 0 radical (unpaired) electrons. The van der Waals surface area contributed by atoms with E-state index in [0.29, 0.717) is 12.0 Å². The third-order valence-corrected chi connectivity index (χ3v) is 3.98. The average molecular weight is 277 g/mol. The topological polar surface area (TPSA) is 28.2 Å². The number of pyridine rings is 1. The summed E-state index contributed by atoms with van der Waals surface area (Å²) < 4.78 is 0. The molecule has 0 aliphatic rings. The van der Waals surface area contributed by atoms with Gasteiger partial charge in [0.1, 0.15) is 0 Å². The molecule has 1 rings (SSSR count). The minimum atomic E-state index is 0.198. The van der Waals surface area contributed by atoms with Crippen molar-refractivity contribution < 1.29 is 0 Å². The Morgan fingerprint density at radius 3 is 2.35 bits per heavy atom. The van der Waals surface area contributed by atoms with E-state index in [1.165, 1.54) is 5.56 Å². The van der Waals surface area contributed by atoms with Gasteiger partial charge in [-0.3, -0.25) is 4.98 Å². The zero-order valence-corrected chi connectivity index (χ0v) is 14.0. The summed E-state index contributed by atoms with van der Waals surface area (Å²) in [6.07, 6.45) is 4.83. The Hall–Kier alpha value is -0.930. The maximum atomic E-state index is 4.06. The molecule has 0 saturated carbocycles. The largest absolute Gasteiger partial charge is 0.312 e. The molecular formula is C17H31N3. The monoisotopic (exact) mass is 277 g/mol. The lowest BCUT2D eigenvalue weighted by atomic mass is 10.00. The highest BCUT2D eigenvalue weighted by molar-refractivity contribution is 5.09. The van der Waals surface area contributed by atoms with Crippen molar-refractivity contribution in [2.24, 2.45) is 5.92 Å². The molecule has 2 atom stereocenters. The van der Waals surface area contributed by atoms with Gasteiger partial charge in [0, 0.05) is 30.5 Å². The molecule has 0 aliphatic heterocycles. The SMILES string of the molecule is CC(CNC(C)(C)C)C(C)N(C)CCc1ccncc1. The molecule has 0 aromatic carbocycles. The van der Waals surface area contributed by atoms with E-state index >= 15 is 0 Å². The summed E-state index contributed by atoms with van der Waals surface area (Å²) in [7, 11) is 2.22. The highest BCUT2D eigenvalue weighted by Gasteiger charge is 2.19. The van der Waals surface area contributed by atoms with E-state index in [4.69, 9.17) is 0 Å². The highest BCUT2D eigenvalue weighted by atomic mass is 15.1. The Morgan fingerprint density at radius 1 is 1.20 bits per heavy atom. The van der Waals surface area contributed by atoms with Crippen LogP contribution in [0.2, 0.25) is 0 Å². The minimum Gasteiger partial charge on any atom is -0.312 e. The second-order valence-electron chi connectivity index (χ2n) is 6.93. The van der Waals surface area contributed by atoms with Crippen molar-refractivity contribution in [3.8, 4) is 0 Å². The first-order chi connectivity index (χ1) is 9.29. The van der Waals surface area contributed by atoms with Crippen LogP contribution in [0.3, 0.4) is 0 Å². The fraction of sp³-hybridized carbons (Fsp3) is 0.706. The summed E-state index contributed by atoms with van der Waals surface area (Å²) >= 11 is 0. The van der Waals surface area contributed by atoms with Gasteiger partial charge in [0.15, 0.2) is 0 Å². The predicted molar refractivity (Wildman–Crippen MR) is 87.0 cm³/mol. The normalized spacial score (nSPS) is 15.3. The fourth-order valence-electron chi connectivity index (χ4n) is 2.13. The van der Waals surface area contributed by atoms with Crippen LogP contribution in [-0.2, 0) is 6.42 Å². The third-order valence-electron chi connectivity index (χ3n) is 3.98. The van der Waals surface area contributed by atoms with E-state index in [9.17, 15) is 0 Å². The Balaban J connectivity index is 2.36. The highest BCUT2D eigenvalue weighted by Crippen LogP contribution is 2.11. The van der Waals surface area contributed by atoms with Gasteiger partial charge in [-0.05, 0) is 71.3 Å². The summed E-state index contributed by atoms with van der Waals surface area (Å²) in [5.41, 5.74) is 1.56. The molecule has 0 bridgehead atoms. The number of nitrogens with zero attached hydrogens (tertiary/aromatic N) is 2. The second-order valence-corrected chi connectivity index (χ2v) is 6.93. The number of hydrogen-bond acceptors (Lipinski definition) is 3. The predicted octanol–water partition coefficient (Wildman–Crippen LogP) is 2.97. The van der Waals surface area contributed by atoms with E-state index in [2.05, 4.69) is 69.0 Å². The average Bonchev–Trinajstić information content (AvgIpc) is 2.41. The quantitative estimate of drug-likeness (QED) is 0.830. The summed E-state index contributed by atoms with van der Waals surface area (Å²) in [6, 6.07) is 4.78. The standard InChI is InChI=1S/C17H31N3/c1-14(13-19-17(3,4)5)15(2)20(6)12-9-16-7-10-18-11-8-16/h7-8,10-11,14-15,19H,9,12-13H2,1-6H3. The lowest BCUT2D eigenvalue weighted by molar-refractivity contribution is 0.191. The molecule has 1 aromatic heterocycles. The molecule has 0 saturated heterocycles. The number of rotatable bonds is 7. The van der Waals surface area contributed by atoms with Crippen LogP contribution in [-0.4, -0.2) is 41.6 Å². The van der Waals surface area contributed by atoms with Crippen molar-refractivity contribution in [3.05, 3.63) is 30.1 Å². The molecule has 114 valence electrons. The van der Waals surface area contributed by atoms with Crippen molar-refractivity contribution in [2.75, 3.05) is 20.1 Å². The molecule has 0 aliphatic carbocycles. The van der Waals surface area contributed by atoms with Crippen LogP contribution in [0.15, 0.2) is 24.5 Å². The van der Waals surface area contributed by atoms with Crippen LogP contribution >= 0.6 is 0 Å². The zero-order chi connectivity index (χ0) is 15.2. The van der Waals surface area contributed by atoms with E-state index in [1.807, 2.05) is 12.4 Å². The number of likely N-dealkylation sites (N-methyl/N-ethyl adjacent to an activating group) is 1. The van der Waals surface area contributed by atoms with Crippen molar-refractivity contribution in [1.29, 1.82) is 0 Å². The van der Waals surface area contributed by atoms with Gasteiger partial charge in [0.05, 0.1) is 0 Å². The number of aromatic nitrogens is 1. The summed E-state index contributed by atoms with van der Waals surface area (Å²) in [5.74, 6) is 0.636. The van der Waals surface area contributed by atoms with Crippen LogP contribution in [0.1, 0.15) is 40.2 Å². The van der Waals surface area contributed by atoms with Crippen molar-refractivity contribution in [3.63, 3.8) is 0 Å². The molecule has 20 heavy (non-hydrogen) atoms. The maximum absolute atomic E-state index is 4.06. The van der Waals surface area contributed by atoms with Gasteiger partial charge in [0.25, 0.3) is 0 Å². The molecule has 3 heteroatoms. The zero-order valence-electron chi connectivity index (χ0n) is 14.0. The van der Waals surface area contributed by atoms with E-state index in [0.717, 1.165) is 19.5 Å². The minimum absolute atomic E-state index is 0.198. The van der Waals surface area contributed by atoms with Crippen LogP contribution in [0.25, 0.3) is 0 Å². The Kier molecular flexibility index (Phi) is 6.63. The molecule has 2 unspecified atom stereocenters. The first-order valence-corrected chi connectivity index (χ1v) is 7.64. The van der Waals surface area contributed by atoms with E-state index in [1.54, 1.807) is 0 Å². The van der Waals surface area contributed by atoms with Crippen molar-refractivity contribution in [2.45, 2.75) is 52.6 Å². The molecule has 0 spiro atoms. The van der Waals surface area contributed by atoms with Crippen molar-refractivity contribution in [1.82, 2.24) is 15.2 Å². The summed E-state index contributed by atoms with van der Waals surface area (Å²) in [5, 5.41) is 3.60. The number of nitrogens with one attached hydrogen (secondary N) is 1. The van der Waals surface area contributed by atoms with Crippen molar-refractivity contribution >= 4 is 0 Å². The van der Waals surface area contributed by atoms with Crippen LogP contribution in [0.5, 0.6) is 0 Å². The molecule has 3 nitrogen and oxygen atoms in total. The maximum Gasteiger partial charge on any atom is 0.0270 e. The molecule has 0 amide bonds. The second kappa shape index (κ2) is 7.75. The Labute approximate surface area is 124 Å². The lowest BCUT2D eigenvalue weighted by Gasteiger charge is -2.32. The van der Waals surface area contributed by atoms with E-state index < -0.39 is 0 Å². The molecule has 1 N–H and O–H groups in total. The van der Waals surface area contributed by atoms with Crippen LogP contribution in [0.4, 0.5) is 0 Å². The van der Waals surface area contributed by atoms with Gasteiger partial charge < -0.3 is 10.2 Å². The first kappa shape index (κ1) is 17.1. The van der Waals surface area contributed by atoms with Gasteiger partial charge in [-0.25, -0.2) is 0 Å². The fourth-order valence-corrected chi connectivity index (χ4v) is 2.13. The smallest absolute Gasteiger partial charge is 0.0270 e. The summed E-state index contributed by atoms with van der Waals surface area (Å²) in [4.78, 5) is 6.52. The van der Waals surface area contributed by atoms with Gasteiger partial charge in [-0.2, -0.15) is 0 Å². The lowest BCUT2D eigenvalue weighted by Crippen LogP contribution is -2.44. The van der Waals surface area contributed by atoms with Gasteiger partial charge in [-0.15, -0.1) is 0 Å². The van der Waals surface area contributed by atoms with Gasteiger partial charge in [0.2, 0.25) is 0 Å². The Morgan fingerprint density at radius 2 is 1.80 bits per heavy atom. The molecule has 0 fully saturated rings. The van der Waals surface area contributed by atoms with Gasteiger partial charge >= 0.3 is 0 Å².